The van der Waals surface area contributed by atoms with Crippen LogP contribution < -0.4 is 0 Å². The first-order valence-electron chi connectivity index (χ1n) is 15.6. The standard InChI is InChI=1S/C32H46FN5O4S/c1-21-6-7-24(20-28(21)33)30-11-9-27(42-30)8-10-29-22(2)31(35-23(3)34-29)32(39)38-18-14-26(15-19-38)37-16-12-25(13-17-37)36(4)43(5,40)41/h6-7,20,25-27,30H,8-19H2,1-5H3. The van der Waals surface area contributed by atoms with Crippen LogP contribution in [0.15, 0.2) is 18.2 Å². The van der Waals surface area contributed by atoms with Gasteiger partial charge in [-0.2, -0.15) is 0 Å². The van der Waals surface area contributed by atoms with Crippen molar-refractivity contribution in [2.45, 2.75) is 96.4 Å². The summed E-state index contributed by atoms with van der Waals surface area (Å²) in [6.45, 7) is 8.67. The van der Waals surface area contributed by atoms with Crippen molar-refractivity contribution in [1.82, 2.24) is 24.1 Å². The molecule has 0 radical (unpaired) electrons. The van der Waals surface area contributed by atoms with E-state index in [1.165, 1.54) is 10.6 Å². The van der Waals surface area contributed by atoms with Crippen molar-refractivity contribution >= 4 is 15.9 Å². The van der Waals surface area contributed by atoms with Gasteiger partial charge in [0.05, 0.1) is 18.5 Å². The highest BCUT2D eigenvalue weighted by molar-refractivity contribution is 7.88. The molecule has 9 nitrogen and oxygen atoms in total. The van der Waals surface area contributed by atoms with Gasteiger partial charge in [-0.25, -0.2) is 27.1 Å². The van der Waals surface area contributed by atoms with Gasteiger partial charge < -0.3 is 14.5 Å². The zero-order chi connectivity index (χ0) is 30.9. The van der Waals surface area contributed by atoms with E-state index in [1.54, 1.807) is 26.1 Å². The minimum Gasteiger partial charge on any atom is -0.370 e. The van der Waals surface area contributed by atoms with E-state index in [0.717, 1.165) is 74.9 Å². The average molecular weight is 616 g/mol. The van der Waals surface area contributed by atoms with Gasteiger partial charge in [0, 0.05) is 43.5 Å². The molecule has 236 valence electrons. The van der Waals surface area contributed by atoms with Crippen molar-refractivity contribution in [3.63, 3.8) is 0 Å². The topological polar surface area (TPSA) is 95.9 Å². The molecule has 43 heavy (non-hydrogen) atoms. The van der Waals surface area contributed by atoms with Gasteiger partial charge in [0.15, 0.2) is 0 Å². The van der Waals surface area contributed by atoms with Crippen LogP contribution in [0, 0.1) is 26.6 Å². The molecule has 5 rings (SSSR count). The Hall–Kier alpha value is -2.47. The third-order valence-electron chi connectivity index (χ3n) is 9.74. The van der Waals surface area contributed by atoms with E-state index in [1.807, 2.05) is 24.8 Å². The van der Waals surface area contributed by atoms with E-state index >= 15 is 0 Å². The second-order valence-corrected chi connectivity index (χ2v) is 14.7. The molecule has 0 spiro atoms. The predicted molar refractivity (Wildman–Crippen MR) is 164 cm³/mol. The summed E-state index contributed by atoms with van der Waals surface area (Å²) in [5.41, 5.74) is 3.75. The van der Waals surface area contributed by atoms with Gasteiger partial charge in [0.1, 0.15) is 17.3 Å². The number of aryl methyl sites for hydroxylation is 3. The highest BCUT2D eigenvalue weighted by Crippen LogP contribution is 2.35. The third kappa shape index (κ3) is 7.44. The Morgan fingerprint density at radius 1 is 1.02 bits per heavy atom. The van der Waals surface area contributed by atoms with Crippen LogP contribution in [-0.4, -0.2) is 96.1 Å². The molecule has 3 aliphatic heterocycles. The lowest BCUT2D eigenvalue weighted by atomic mass is 9.97. The van der Waals surface area contributed by atoms with Crippen LogP contribution in [0.2, 0.25) is 0 Å². The lowest BCUT2D eigenvalue weighted by molar-refractivity contribution is 0.0399. The molecule has 3 saturated heterocycles. The average Bonchev–Trinajstić information content (AvgIpc) is 3.47. The first kappa shape index (κ1) is 31.9. The summed E-state index contributed by atoms with van der Waals surface area (Å²) in [5.74, 6) is 0.369. The molecule has 0 N–H and O–H groups in total. The van der Waals surface area contributed by atoms with Crippen molar-refractivity contribution in [3.8, 4) is 0 Å². The zero-order valence-corrected chi connectivity index (χ0v) is 27.0. The lowest BCUT2D eigenvalue weighted by Crippen LogP contribution is -2.52. The Labute approximate surface area is 255 Å². The van der Waals surface area contributed by atoms with Crippen molar-refractivity contribution in [1.29, 1.82) is 0 Å². The third-order valence-corrected chi connectivity index (χ3v) is 11.1. The Balaban J connectivity index is 1.14. The largest absolute Gasteiger partial charge is 0.370 e. The number of aromatic nitrogens is 2. The van der Waals surface area contributed by atoms with E-state index < -0.39 is 10.0 Å². The molecule has 11 heteroatoms. The number of rotatable bonds is 8. The number of ether oxygens (including phenoxy) is 1. The van der Waals surface area contributed by atoms with Crippen LogP contribution in [0.1, 0.15) is 89.7 Å². The van der Waals surface area contributed by atoms with E-state index in [9.17, 15) is 17.6 Å². The van der Waals surface area contributed by atoms with Crippen molar-refractivity contribution in [2.24, 2.45) is 0 Å². The molecular weight excluding hydrogens is 569 g/mol. The second kappa shape index (κ2) is 13.3. The molecule has 2 atom stereocenters. The Morgan fingerprint density at radius 3 is 2.37 bits per heavy atom. The molecule has 0 bridgehead atoms. The monoisotopic (exact) mass is 615 g/mol. The number of nitrogens with zero attached hydrogens (tertiary/aromatic N) is 5. The fourth-order valence-electron chi connectivity index (χ4n) is 6.88. The van der Waals surface area contributed by atoms with Gasteiger partial charge in [-0.3, -0.25) is 4.79 Å². The molecule has 1 aromatic heterocycles. The summed E-state index contributed by atoms with van der Waals surface area (Å²) in [6, 6.07) is 5.81. The van der Waals surface area contributed by atoms with Gasteiger partial charge in [-0.15, -0.1) is 0 Å². The highest BCUT2D eigenvalue weighted by atomic mass is 32.2. The van der Waals surface area contributed by atoms with E-state index in [0.29, 0.717) is 42.6 Å². The van der Waals surface area contributed by atoms with Crippen LogP contribution in [-0.2, 0) is 21.2 Å². The number of benzene rings is 1. The van der Waals surface area contributed by atoms with Gasteiger partial charge in [0.2, 0.25) is 10.0 Å². The number of hydrogen-bond acceptors (Lipinski definition) is 7. The van der Waals surface area contributed by atoms with Crippen molar-refractivity contribution < 1.29 is 22.3 Å². The molecule has 0 saturated carbocycles. The lowest BCUT2D eigenvalue weighted by Gasteiger charge is -2.43. The second-order valence-electron chi connectivity index (χ2n) is 12.6. The zero-order valence-electron chi connectivity index (χ0n) is 26.2. The molecule has 3 aliphatic rings. The molecule has 1 amide bonds. The van der Waals surface area contributed by atoms with Crippen LogP contribution in [0.25, 0.3) is 0 Å². The van der Waals surface area contributed by atoms with Gasteiger partial charge in [-0.05, 0) is 102 Å². The first-order chi connectivity index (χ1) is 20.4. The summed E-state index contributed by atoms with van der Waals surface area (Å²) >= 11 is 0. The smallest absolute Gasteiger partial charge is 0.272 e. The number of carbonyl (C=O) groups is 1. The molecule has 4 heterocycles. The fraction of sp³-hybridized carbons (Fsp3) is 0.656. The van der Waals surface area contributed by atoms with E-state index in [-0.39, 0.29) is 30.0 Å². The molecule has 3 fully saturated rings. The first-order valence-corrected chi connectivity index (χ1v) is 17.5. The van der Waals surface area contributed by atoms with Crippen LogP contribution in [0.3, 0.4) is 0 Å². The van der Waals surface area contributed by atoms with Gasteiger partial charge in [0.25, 0.3) is 5.91 Å². The molecule has 2 unspecified atom stereocenters. The Kier molecular flexibility index (Phi) is 9.85. The quantitative estimate of drug-likeness (QED) is 0.436. The number of carbonyl (C=O) groups excluding carboxylic acids is 1. The molecular formula is C32H46FN5O4S. The summed E-state index contributed by atoms with van der Waals surface area (Å²) in [4.78, 5) is 27.3. The highest BCUT2D eigenvalue weighted by Gasteiger charge is 2.34. The van der Waals surface area contributed by atoms with Crippen LogP contribution in [0.4, 0.5) is 4.39 Å². The number of sulfonamides is 1. The number of likely N-dealkylation sites (tertiary alicyclic amines) is 2. The minimum absolute atomic E-state index is 0.0326. The van der Waals surface area contributed by atoms with E-state index in [2.05, 4.69) is 9.88 Å². The number of amides is 1. The summed E-state index contributed by atoms with van der Waals surface area (Å²) in [7, 11) is -1.50. The Morgan fingerprint density at radius 2 is 1.72 bits per heavy atom. The predicted octanol–water partition coefficient (Wildman–Crippen LogP) is 4.35. The van der Waals surface area contributed by atoms with Crippen LogP contribution >= 0.6 is 0 Å². The molecule has 0 aliphatic carbocycles. The number of hydrogen-bond donors (Lipinski definition) is 0. The van der Waals surface area contributed by atoms with E-state index in [4.69, 9.17) is 9.72 Å². The van der Waals surface area contributed by atoms with Crippen molar-refractivity contribution in [2.75, 3.05) is 39.5 Å². The summed E-state index contributed by atoms with van der Waals surface area (Å²) in [5, 5.41) is 0. The Bertz CT molecular complexity index is 1420. The SMILES string of the molecule is Cc1nc(CCC2CCC(c3ccc(C)c(F)c3)O2)c(C)c(C(=O)N2CCC(N3CCC(N(C)S(C)(=O)=O)CC3)CC2)n1. The van der Waals surface area contributed by atoms with Crippen molar-refractivity contribution in [3.05, 3.63) is 57.9 Å². The maximum Gasteiger partial charge on any atom is 0.272 e. The summed E-state index contributed by atoms with van der Waals surface area (Å²) < 4.78 is 45.7. The number of piperidine rings is 2. The summed E-state index contributed by atoms with van der Waals surface area (Å²) in [6.07, 6.45) is 7.99. The normalized spacial score (nSPS) is 22.9. The van der Waals surface area contributed by atoms with Crippen LogP contribution in [0.5, 0.6) is 0 Å². The number of halogens is 1. The minimum atomic E-state index is -3.18. The van der Waals surface area contributed by atoms with Gasteiger partial charge in [-0.1, -0.05) is 12.1 Å². The molecule has 2 aromatic rings. The van der Waals surface area contributed by atoms with Gasteiger partial charge >= 0.3 is 0 Å². The maximum atomic E-state index is 14.1. The fourth-order valence-corrected chi connectivity index (χ4v) is 7.63. The molecule has 1 aromatic carbocycles. The maximum absolute atomic E-state index is 14.1.